The molecule has 1 atom stereocenters. The van der Waals surface area contributed by atoms with Gasteiger partial charge < -0.3 is 10.2 Å². The molecule has 1 aromatic carbocycles. The SMILES string of the molecule is CN1CCCC1CNc1cccc(Br)c1. The molecule has 0 spiro atoms. The summed E-state index contributed by atoms with van der Waals surface area (Å²) < 4.78 is 1.13. The molecule has 0 saturated carbocycles. The van der Waals surface area contributed by atoms with E-state index in [1.807, 2.05) is 6.07 Å². The molecule has 0 bridgehead atoms. The van der Waals surface area contributed by atoms with Crippen LogP contribution in [0.4, 0.5) is 5.69 Å². The quantitative estimate of drug-likeness (QED) is 0.907. The van der Waals surface area contributed by atoms with Gasteiger partial charge in [0.05, 0.1) is 0 Å². The second kappa shape index (κ2) is 4.99. The summed E-state index contributed by atoms with van der Waals surface area (Å²) in [6.45, 7) is 2.29. The number of halogens is 1. The van der Waals surface area contributed by atoms with Crippen molar-refractivity contribution in [2.24, 2.45) is 0 Å². The zero-order valence-corrected chi connectivity index (χ0v) is 10.6. The van der Waals surface area contributed by atoms with E-state index in [4.69, 9.17) is 0 Å². The molecular formula is C12H17BrN2. The molecule has 1 N–H and O–H groups in total. The Morgan fingerprint density at radius 3 is 3.07 bits per heavy atom. The third-order valence-corrected chi connectivity index (χ3v) is 3.53. The molecule has 1 saturated heterocycles. The Kier molecular flexibility index (Phi) is 3.65. The summed E-state index contributed by atoms with van der Waals surface area (Å²) in [6.07, 6.45) is 2.65. The minimum atomic E-state index is 0.698. The van der Waals surface area contributed by atoms with Crippen molar-refractivity contribution in [1.29, 1.82) is 0 Å². The Labute approximate surface area is 99.8 Å². The van der Waals surface area contributed by atoms with Gasteiger partial charge in [-0.15, -0.1) is 0 Å². The van der Waals surface area contributed by atoms with E-state index in [-0.39, 0.29) is 0 Å². The minimum absolute atomic E-state index is 0.698. The van der Waals surface area contributed by atoms with Crippen molar-refractivity contribution in [3.63, 3.8) is 0 Å². The monoisotopic (exact) mass is 268 g/mol. The Hall–Kier alpha value is -0.540. The van der Waals surface area contributed by atoms with Gasteiger partial charge in [0, 0.05) is 22.7 Å². The summed E-state index contributed by atoms with van der Waals surface area (Å²) in [5.41, 5.74) is 1.20. The van der Waals surface area contributed by atoms with Crippen LogP contribution in [-0.4, -0.2) is 31.1 Å². The van der Waals surface area contributed by atoms with Crippen LogP contribution in [0.15, 0.2) is 28.7 Å². The van der Waals surface area contributed by atoms with Crippen LogP contribution in [0.3, 0.4) is 0 Å². The van der Waals surface area contributed by atoms with E-state index in [1.165, 1.54) is 25.1 Å². The standard InChI is InChI=1S/C12H17BrN2/c1-15-7-3-6-12(15)9-14-11-5-2-4-10(13)8-11/h2,4-5,8,12,14H,3,6-7,9H2,1H3. The minimum Gasteiger partial charge on any atom is -0.383 e. The second-order valence-corrected chi connectivity index (χ2v) is 5.08. The van der Waals surface area contributed by atoms with Gasteiger partial charge in [-0.2, -0.15) is 0 Å². The first-order valence-corrected chi connectivity index (χ1v) is 6.25. The van der Waals surface area contributed by atoms with Gasteiger partial charge in [-0.3, -0.25) is 0 Å². The number of likely N-dealkylation sites (N-methyl/N-ethyl adjacent to an activating group) is 1. The lowest BCUT2D eigenvalue weighted by molar-refractivity contribution is 0.322. The average molecular weight is 269 g/mol. The van der Waals surface area contributed by atoms with Gasteiger partial charge in [0.1, 0.15) is 0 Å². The molecule has 1 heterocycles. The van der Waals surface area contributed by atoms with Crippen LogP contribution in [0.25, 0.3) is 0 Å². The highest BCUT2D eigenvalue weighted by Gasteiger charge is 2.19. The molecule has 1 unspecified atom stereocenters. The molecule has 1 fully saturated rings. The molecule has 0 aliphatic carbocycles. The maximum Gasteiger partial charge on any atom is 0.0352 e. The predicted molar refractivity (Wildman–Crippen MR) is 68.3 cm³/mol. The van der Waals surface area contributed by atoms with Crippen LogP contribution in [0.5, 0.6) is 0 Å². The van der Waals surface area contributed by atoms with Crippen molar-refractivity contribution in [2.45, 2.75) is 18.9 Å². The summed E-state index contributed by atoms with van der Waals surface area (Å²) in [6, 6.07) is 9.04. The normalized spacial score (nSPS) is 21.9. The number of anilines is 1. The summed E-state index contributed by atoms with van der Waals surface area (Å²) in [5, 5.41) is 3.49. The molecule has 1 aliphatic heterocycles. The van der Waals surface area contributed by atoms with Gasteiger partial charge >= 0.3 is 0 Å². The van der Waals surface area contributed by atoms with E-state index < -0.39 is 0 Å². The first kappa shape index (κ1) is 11.0. The van der Waals surface area contributed by atoms with Gasteiger partial charge in [0.25, 0.3) is 0 Å². The number of nitrogens with zero attached hydrogens (tertiary/aromatic N) is 1. The zero-order valence-electron chi connectivity index (χ0n) is 9.04. The van der Waals surface area contributed by atoms with E-state index in [0.29, 0.717) is 6.04 Å². The number of hydrogen-bond donors (Lipinski definition) is 1. The summed E-state index contributed by atoms with van der Waals surface area (Å²) in [5.74, 6) is 0. The Balaban J connectivity index is 1.87. The zero-order chi connectivity index (χ0) is 10.7. The summed E-state index contributed by atoms with van der Waals surface area (Å²) in [7, 11) is 2.21. The summed E-state index contributed by atoms with van der Waals surface area (Å²) in [4.78, 5) is 2.44. The lowest BCUT2D eigenvalue weighted by Gasteiger charge is -2.20. The first-order chi connectivity index (χ1) is 7.25. The van der Waals surface area contributed by atoms with Crippen molar-refractivity contribution in [3.05, 3.63) is 28.7 Å². The van der Waals surface area contributed by atoms with Crippen molar-refractivity contribution >= 4 is 21.6 Å². The van der Waals surface area contributed by atoms with Crippen molar-refractivity contribution in [3.8, 4) is 0 Å². The van der Waals surface area contributed by atoms with E-state index in [1.54, 1.807) is 0 Å². The molecule has 82 valence electrons. The molecule has 0 radical (unpaired) electrons. The molecule has 0 aromatic heterocycles. The third-order valence-electron chi connectivity index (χ3n) is 3.04. The van der Waals surface area contributed by atoms with Crippen molar-refractivity contribution in [1.82, 2.24) is 4.90 Å². The first-order valence-electron chi connectivity index (χ1n) is 5.45. The fraction of sp³-hybridized carbons (Fsp3) is 0.500. The molecule has 1 aliphatic rings. The Bertz CT molecular complexity index is 327. The number of nitrogens with one attached hydrogen (secondary N) is 1. The van der Waals surface area contributed by atoms with Crippen molar-refractivity contribution < 1.29 is 0 Å². The van der Waals surface area contributed by atoms with E-state index in [2.05, 4.69) is 51.4 Å². The lowest BCUT2D eigenvalue weighted by atomic mass is 10.2. The molecule has 3 heteroatoms. The van der Waals surface area contributed by atoms with E-state index >= 15 is 0 Å². The van der Waals surface area contributed by atoms with Gasteiger partial charge in [0.2, 0.25) is 0 Å². The summed E-state index contributed by atoms with van der Waals surface area (Å²) >= 11 is 3.48. The van der Waals surface area contributed by atoms with Crippen LogP contribution >= 0.6 is 15.9 Å². The highest BCUT2D eigenvalue weighted by atomic mass is 79.9. The largest absolute Gasteiger partial charge is 0.383 e. The number of rotatable bonds is 3. The fourth-order valence-corrected chi connectivity index (χ4v) is 2.47. The molecule has 0 amide bonds. The topological polar surface area (TPSA) is 15.3 Å². The maximum atomic E-state index is 3.49. The Morgan fingerprint density at radius 1 is 1.53 bits per heavy atom. The fourth-order valence-electron chi connectivity index (χ4n) is 2.07. The van der Waals surface area contributed by atoms with E-state index in [0.717, 1.165) is 11.0 Å². The van der Waals surface area contributed by atoms with Crippen LogP contribution < -0.4 is 5.32 Å². The molecule has 1 aromatic rings. The Morgan fingerprint density at radius 2 is 2.40 bits per heavy atom. The van der Waals surface area contributed by atoms with Gasteiger partial charge in [0.15, 0.2) is 0 Å². The molecule has 15 heavy (non-hydrogen) atoms. The van der Waals surface area contributed by atoms with Crippen LogP contribution in [0.1, 0.15) is 12.8 Å². The molecular weight excluding hydrogens is 252 g/mol. The van der Waals surface area contributed by atoms with Crippen molar-refractivity contribution in [2.75, 3.05) is 25.5 Å². The predicted octanol–water partition coefficient (Wildman–Crippen LogP) is 2.96. The van der Waals surface area contributed by atoms with Crippen LogP contribution in [-0.2, 0) is 0 Å². The highest BCUT2D eigenvalue weighted by molar-refractivity contribution is 9.10. The highest BCUT2D eigenvalue weighted by Crippen LogP contribution is 2.18. The third kappa shape index (κ3) is 2.95. The van der Waals surface area contributed by atoms with E-state index in [9.17, 15) is 0 Å². The molecule has 2 nitrogen and oxygen atoms in total. The van der Waals surface area contributed by atoms with Crippen LogP contribution in [0.2, 0.25) is 0 Å². The van der Waals surface area contributed by atoms with Gasteiger partial charge in [-0.05, 0) is 44.6 Å². The number of hydrogen-bond acceptors (Lipinski definition) is 2. The number of benzene rings is 1. The second-order valence-electron chi connectivity index (χ2n) is 4.17. The lowest BCUT2D eigenvalue weighted by Crippen LogP contribution is -2.31. The average Bonchev–Trinajstić information content (AvgIpc) is 2.61. The van der Waals surface area contributed by atoms with Gasteiger partial charge in [-0.25, -0.2) is 0 Å². The smallest absolute Gasteiger partial charge is 0.0352 e. The molecule has 2 rings (SSSR count). The maximum absolute atomic E-state index is 3.49. The van der Waals surface area contributed by atoms with Gasteiger partial charge in [-0.1, -0.05) is 22.0 Å². The number of likely N-dealkylation sites (tertiary alicyclic amines) is 1. The van der Waals surface area contributed by atoms with Crippen LogP contribution in [0, 0.1) is 0 Å².